The van der Waals surface area contributed by atoms with Gasteiger partial charge in [0.25, 0.3) is 0 Å². The Morgan fingerprint density at radius 3 is 2.05 bits per heavy atom. The zero-order chi connectivity index (χ0) is 27.6. The largest absolute Gasteiger partial charge is 0.294 e. The highest BCUT2D eigenvalue weighted by atomic mass is 15.3. The van der Waals surface area contributed by atoms with Crippen molar-refractivity contribution in [3.63, 3.8) is 0 Å². The topological polar surface area (TPSA) is 20.5 Å². The summed E-state index contributed by atoms with van der Waals surface area (Å²) in [4.78, 5) is 2.28. The van der Waals surface area contributed by atoms with E-state index in [-0.39, 0.29) is 5.41 Å². The Morgan fingerprint density at radius 2 is 1.22 bits per heavy atom. The number of nitrogens with zero attached hydrogens (tertiary/aromatic N) is 3. The molecule has 1 aliphatic carbocycles. The molecule has 2 aromatic heterocycles. The second-order valence-corrected chi connectivity index (χ2v) is 11.4. The number of hydrogen-bond acceptors (Lipinski definition) is 2. The summed E-state index contributed by atoms with van der Waals surface area (Å²) in [6.45, 7) is 4.66. The van der Waals surface area contributed by atoms with Gasteiger partial charge in [0.15, 0.2) is 5.82 Å². The lowest BCUT2D eigenvalue weighted by molar-refractivity contribution is 0.660. The van der Waals surface area contributed by atoms with E-state index in [0.717, 1.165) is 22.7 Å². The van der Waals surface area contributed by atoms with Crippen LogP contribution in [0.5, 0.6) is 0 Å². The van der Waals surface area contributed by atoms with Gasteiger partial charge >= 0.3 is 0 Å². The molecular weight excluding hydrogens is 498 g/mol. The molecule has 5 aromatic carbocycles. The summed E-state index contributed by atoms with van der Waals surface area (Å²) < 4.78 is 2.00. The second kappa shape index (κ2) is 8.94. The first kappa shape index (κ1) is 23.7. The molecule has 196 valence electrons. The van der Waals surface area contributed by atoms with Gasteiger partial charge in [-0.15, -0.1) is 5.10 Å². The monoisotopic (exact) mass is 527 g/mol. The van der Waals surface area contributed by atoms with Gasteiger partial charge in [-0.05, 0) is 69.1 Å². The van der Waals surface area contributed by atoms with E-state index in [1.54, 1.807) is 0 Å². The van der Waals surface area contributed by atoms with Crippen LogP contribution in [-0.2, 0) is 5.41 Å². The van der Waals surface area contributed by atoms with Crippen molar-refractivity contribution in [3.05, 3.63) is 151 Å². The van der Waals surface area contributed by atoms with E-state index in [9.17, 15) is 0 Å². The molecule has 8 rings (SSSR count). The Kier molecular flexibility index (Phi) is 5.17. The van der Waals surface area contributed by atoms with Gasteiger partial charge in [0.1, 0.15) is 0 Å². The molecule has 0 bridgehead atoms. The molecule has 0 saturated carbocycles. The Labute approximate surface area is 239 Å². The molecular formula is C38H29N3. The van der Waals surface area contributed by atoms with Crippen LogP contribution >= 0.6 is 0 Å². The van der Waals surface area contributed by atoms with Crippen molar-refractivity contribution in [1.29, 1.82) is 0 Å². The highest BCUT2D eigenvalue weighted by Crippen LogP contribution is 2.50. The quantitative estimate of drug-likeness (QED) is 0.227. The fourth-order valence-electron chi connectivity index (χ4n) is 6.45. The van der Waals surface area contributed by atoms with E-state index in [1.807, 2.05) is 4.52 Å². The molecule has 2 heterocycles. The Morgan fingerprint density at radius 1 is 0.561 bits per heavy atom. The van der Waals surface area contributed by atoms with Crippen molar-refractivity contribution >= 4 is 33.5 Å². The molecule has 0 radical (unpaired) electrons. The minimum Gasteiger partial charge on any atom is -0.294 e. The van der Waals surface area contributed by atoms with E-state index < -0.39 is 0 Å². The third-order valence-corrected chi connectivity index (χ3v) is 8.60. The van der Waals surface area contributed by atoms with Crippen LogP contribution in [0.3, 0.4) is 0 Å². The van der Waals surface area contributed by atoms with Gasteiger partial charge in [0.05, 0.1) is 5.52 Å². The summed E-state index contributed by atoms with van der Waals surface area (Å²) in [5, 5.41) is 7.49. The van der Waals surface area contributed by atoms with E-state index in [1.165, 1.54) is 44.2 Å². The van der Waals surface area contributed by atoms with Crippen molar-refractivity contribution in [3.8, 4) is 22.3 Å². The lowest BCUT2D eigenvalue weighted by atomic mass is 9.82. The standard InChI is InChI=1S/C38H29N3/c1-38(2)35-15-9-8-14-33(35)34-21-20-31(23-36(34)38)41(30-18-16-27(17-19-30)26-10-4-3-5-11-26)37-24-32-22-28-12-6-7-13-29(28)25-40(32)39-37/h3-25H,1-2H3. The van der Waals surface area contributed by atoms with Gasteiger partial charge in [-0.2, -0.15) is 0 Å². The third-order valence-electron chi connectivity index (χ3n) is 8.60. The summed E-state index contributed by atoms with van der Waals surface area (Å²) in [5.74, 6) is 0.890. The molecule has 0 fully saturated rings. The Balaban J connectivity index is 1.30. The maximum Gasteiger partial charge on any atom is 0.160 e. The predicted molar refractivity (Wildman–Crippen MR) is 170 cm³/mol. The molecule has 0 atom stereocenters. The van der Waals surface area contributed by atoms with E-state index in [0.29, 0.717) is 0 Å². The molecule has 1 aliphatic rings. The highest BCUT2D eigenvalue weighted by Gasteiger charge is 2.35. The van der Waals surface area contributed by atoms with Crippen molar-refractivity contribution in [2.75, 3.05) is 4.90 Å². The fraction of sp³-hybridized carbons (Fsp3) is 0.0789. The minimum absolute atomic E-state index is 0.0819. The van der Waals surface area contributed by atoms with Crippen LogP contribution in [0.2, 0.25) is 0 Å². The summed E-state index contributed by atoms with van der Waals surface area (Å²) in [6, 6.07) is 47.9. The maximum atomic E-state index is 5.11. The van der Waals surface area contributed by atoms with Gasteiger partial charge in [-0.1, -0.05) is 111 Å². The first-order valence-electron chi connectivity index (χ1n) is 14.1. The number of pyridine rings is 1. The van der Waals surface area contributed by atoms with Crippen molar-refractivity contribution in [2.45, 2.75) is 19.3 Å². The SMILES string of the molecule is CC1(C)c2ccccc2-c2ccc(N(c3ccc(-c4ccccc4)cc3)c3cc4cc5ccccc5cn4n3)cc21. The van der Waals surface area contributed by atoms with E-state index >= 15 is 0 Å². The molecule has 0 amide bonds. The summed E-state index contributed by atoms with van der Waals surface area (Å²) in [5.41, 5.74) is 10.9. The van der Waals surface area contributed by atoms with Crippen molar-refractivity contribution < 1.29 is 0 Å². The van der Waals surface area contributed by atoms with Crippen molar-refractivity contribution in [2.24, 2.45) is 0 Å². The average molecular weight is 528 g/mol. The summed E-state index contributed by atoms with van der Waals surface area (Å²) >= 11 is 0. The fourth-order valence-corrected chi connectivity index (χ4v) is 6.45. The molecule has 0 saturated heterocycles. The minimum atomic E-state index is -0.0819. The molecule has 0 unspecified atom stereocenters. The average Bonchev–Trinajstić information content (AvgIpc) is 3.52. The number of hydrogen-bond donors (Lipinski definition) is 0. The number of aromatic nitrogens is 2. The number of anilines is 3. The third kappa shape index (κ3) is 3.77. The van der Waals surface area contributed by atoms with Crippen LogP contribution in [0.1, 0.15) is 25.0 Å². The second-order valence-electron chi connectivity index (χ2n) is 11.4. The molecule has 7 aromatic rings. The van der Waals surface area contributed by atoms with Gasteiger partial charge in [0.2, 0.25) is 0 Å². The lowest BCUT2D eigenvalue weighted by Crippen LogP contribution is -2.16. The molecule has 3 nitrogen and oxygen atoms in total. The van der Waals surface area contributed by atoms with Crippen LogP contribution in [0, 0.1) is 0 Å². The normalized spacial score (nSPS) is 13.3. The smallest absolute Gasteiger partial charge is 0.160 e. The van der Waals surface area contributed by atoms with Gasteiger partial charge in [-0.3, -0.25) is 4.90 Å². The van der Waals surface area contributed by atoms with Gasteiger partial charge in [0, 0.05) is 34.4 Å². The van der Waals surface area contributed by atoms with Gasteiger partial charge < -0.3 is 0 Å². The van der Waals surface area contributed by atoms with E-state index in [2.05, 4.69) is 158 Å². The van der Waals surface area contributed by atoms with Crippen LogP contribution in [0.25, 0.3) is 38.5 Å². The van der Waals surface area contributed by atoms with Crippen LogP contribution < -0.4 is 4.90 Å². The van der Waals surface area contributed by atoms with Crippen LogP contribution in [-0.4, -0.2) is 9.61 Å². The number of benzene rings is 5. The Bertz CT molecular complexity index is 2020. The van der Waals surface area contributed by atoms with Gasteiger partial charge in [-0.25, -0.2) is 4.52 Å². The summed E-state index contributed by atoms with van der Waals surface area (Å²) in [7, 11) is 0. The molecule has 0 spiro atoms. The first-order chi connectivity index (χ1) is 20.1. The zero-order valence-electron chi connectivity index (χ0n) is 23.1. The lowest BCUT2D eigenvalue weighted by Gasteiger charge is -2.26. The first-order valence-corrected chi connectivity index (χ1v) is 14.1. The van der Waals surface area contributed by atoms with Crippen LogP contribution in [0.4, 0.5) is 17.2 Å². The zero-order valence-corrected chi connectivity index (χ0v) is 23.1. The highest BCUT2D eigenvalue weighted by molar-refractivity contribution is 5.88. The Hall–Kier alpha value is -5.15. The van der Waals surface area contributed by atoms with Crippen LogP contribution in [0.15, 0.2) is 140 Å². The molecule has 0 N–H and O–H groups in total. The molecule has 3 heteroatoms. The number of fused-ring (bicyclic) bond motifs is 5. The van der Waals surface area contributed by atoms with E-state index in [4.69, 9.17) is 5.10 Å². The maximum absolute atomic E-state index is 5.11. The number of rotatable bonds is 4. The summed E-state index contributed by atoms with van der Waals surface area (Å²) in [6.07, 6.45) is 2.12. The predicted octanol–water partition coefficient (Wildman–Crippen LogP) is 9.93. The molecule has 41 heavy (non-hydrogen) atoms. The van der Waals surface area contributed by atoms with Crippen molar-refractivity contribution in [1.82, 2.24) is 9.61 Å². The molecule has 0 aliphatic heterocycles.